The first kappa shape index (κ1) is 39.2. The summed E-state index contributed by atoms with van der Waals surface area (Å²) in [4.78, 5) is 3.74. The van der Waals surface area contributed by atoms with E-state index in [1.165, 1.54) is 205 Å². The maximum atomic E-state index is 3.74. The van der Waals surface area contributed by atoms with Crippen molar-refractivity contribution < 1.29 is 4.57 Å². The van der Waals surface area contributed by atoms with Gasteiger partial charge in [-0.05, 0) is 32.6 Å². The summed E-state index contributed by atoms with van der Waals surface area (Å²) in [7, 11) is 0. The summed E-state index contributed by atoms with van der Waals surface area (Å²) in [6, 6.07) is 0.620. The molecule has 0 amide bonds. The quantitative estimate of drug-likeness (QED) is 0.0623. The number of rotatable bonds is 33. The lowest BCUT2D eigenvalue weighted by Crippen LogP contribution is -2.41. The first-order valence-electron chi connectivity index (χ1n) is 19.8. The zero-order chi connectivity index (χ0) is 30.4. The summed E-state index contributed by atoms with van der Waals surface area (Å²) in [6.45, 7) is 9.42. The van der Waals surface area contributed by atoms with Gasteiger partial charge in [0.1, 0.15) is 12.4 Å². The Kier molecular flexibility index (Phi) is 28.3. The predicted molar refractivity (Wildman–Crippen MR) is 189 cm³/mol. The second kappa shape index (κ2) is 30.2. The molecule has 0 aliphatic rings. The monoisotopic (exact) mass is 588 g/mol. The molecule has 0 radical (unpaired) electrons. The normalized spacial score (nSPS) is 13.1. The average Bonchev–Trinajstić information content (AvgIpc) is 3.49. The molecule has 248 valence electrons. The van der Waals surface area contributed by atoms with E-state index >= 15 is 0 Å². The molecule has 1 rings (SSSR count). The summed E-state index contributed by atoms with van der Waals surface area (Å²) >= 11 is 0. The van der Waals surface area contributed by atoms with Gasteiger partial charge in [-0.15, -0.1) is 0 Å². The molecule has 0 spiro atoms. The third-order valence-electron chi connectivity index (χ3n) is 9.89. The molecule has 0 aliphatic heterocycles. The van der Waals surface area contributed by atoms with Gasteiger partial charge in [-0.2, -0.15) is 0 Å². The molecule has 2 heteroatoms. The average molecular weight is 588 g/mol. The van der Waals surface area contributed by atoms with Crippen LogP contribution in [0.25, 0.3) is 0 Å². The summed E-state index contributed by atoms with van der Waals surface area (Å²) < 4.78 is 2.63. The van der Waals surface area contributed by atoms with Gasteiger partial charge < -0.3 is 0 Å². The molecule has 0 saturated carbocycles. The Balaban J connectivity index is 2.38. The molecule has 2 nitrogen and oxygen atoms in total. The van der Waals surface area contributed by atoms with Gasteiger partial charge in [0.2, 0.25) is 0 Å². The van der Waals surface area contributed by atoms with Gasteiger partial charge in [-0.3, -0.25) is 0 Å². The number of imidazole rings is 1. The van der Waals surface area contributed by atoms with E-state index in [1.807, 2.05) is 0 Å². The standard InChI is InChI=1S/C40H78N2/c1-5-8-11-14-17-19-21-22-24-26-29-32-35-39(34-31-28-16-13-10-7-3)40-41-36-37-42(40)38(4)33-30-27-25-23-20-18-15-12-9-6-2/h36-39H,5-35H2,1-4H3/p+1. The Morgan fingerprint density at radius 1 is 0.452 bits per heavy atom. The molecule has 1 N–H and O–H groups in total. The first-order valence-corrected chi connectivity index (χ1v) is 19.8. The molecule has 1 heterocycles. The van der Waals surface area contributed by atoms with Gasteiger partial charge >= 0.3 is 0 Å². The van der Waals surface area contributed by atoms with Crippen LogP contribution in [0, 0.1) is 0 Å². The van der Waals surface area contributed by atoms with Crippen LogP contribution in [-0.2, 0) is 0 Å². The highest BCUT2D eigenvalue weighted by Crippen LogP contribution is 2.27. The topological polar surface area (TPSA) is 19.7 Å². The van der Waals surface area contributed by atoms with Gasteiger partial charge in [-0.1, -0.05) is 194 Å². The fourth-order valence-corrected chi connectivity index (χ4v) is 6.96. The summed E-state index contributed by atoms with van der Waals surface area (Å²) in [5, 5.41) is 0. The van der Waals surface area contributed by atoms with E-state index in [0.717, 1.165) is 0 Å². The van der Waals surface area contributed by atoms with Crippen molar-refractivity contribution in [3.8, 4) is 0 Å². The van der Waals surface area contributed by atoms with Crippen molar-refractivity contribution in [3.63, 3.8) is 0 Å². The molecule has 1 aromatic heterocycles. The van der Waals surface area contributed by atoms with E-state index in [0.29, 0.717) is 12.0 Å². The number of nitrogens with zero attached hydrogens (tertiary/aromatic N) is 1. The van der Waals surface area contributed by atoms with Crippen molar-refractivity contribution in [2.75, 3.05) is 0 Å². The molecule has 0 aliphatic carbocycles. The summed E-state index contributed by atoms with van der Waals surface area (Å²) in [5.41, 5.74) is 0. The molecule has 0 aromatic carbocycles. The van der Waals surface area contributed by atoms with Crippen molar-refractivity contribution in [1.29, 1.82) is 0 Å². The lowest BCUT2D eigenvalue weighted by Gasteiger charge is -2.17. The lowest BCUT2D eigenvalue weighted by atomic mass is 9.92. The van der Waals surface area contributed by atoms with E-state index in [1.54, 1.807) is 0 Å². The molecular formula is C40H79N2+. The second-order valence-corrected chi connectivity index (χ2v) is 14.0. The summed E-state index contributed by atoms with van der Waals surface area (Å²) in [5.74, 6) is 2.25. The number of nitrogens with one attached hydrogen (secondary N) is 1. The highest BCUT2D eigenvalue weighted by Gasteiger charge is 2.25. The number of hydrogen-bond acceptors (Lipinski definition) is 0. The minimum atomic E-state index is 0.620. The molecule has 42 heavy (non-hydrogen) atoms. The van der Waals surface area contributed by atoms with Crippen LogP contribution in [0.3, 0.4) is 0 Å². The van der Waals surface area contributed by atoms with Gasteiger partial charge in [-0.25, -0.2) is 9.55 Å². The summed E-state index contributed by atoms with van der Waals surface area (Å²) in [6.07, 6.45) is 48.7. The Morgan fingerprint density at radius 3 is 1.12 bits per heavy atom. The van der Waals surface area contributed by atoms with Crippen LogP contribution in [0.1, 0.15) is 245 Å². The molecule has 0 bridgehead atoms. The fraction of sp³-hybridized carbons (Fsp3) is 0.925. The van der Waals surface area contributed by atoms with Crippen LogP contribution in [-0.4, -0.2) is 4.98 Å². The van der Waals surface area contributed by atoms with E-state index in [2.05, 4.69) is 49.6 Å². The van der Waals surface area contributed by atoms with Gasteiger partial charge in [0.25, 0.3) is 5.82 Å². The minimum Gasteiger partial charge on any atom is -0.247 e. The van der Waals surface area contributed by atoms with E-state index in [9.17, 15) is 0 Å². The van der Waals surface area contributed by atoms with Crippen LogP contribution in [0.2, 0.25) is 0 Å². The maximum absolute atomic E-state index is 3.74. The van der Waals surface area contributed by atoms with Gasteiger partial charge in [0, 0.05) is 0 Å². The van der Waals surface area contributed by atoms with E-state index < -0.39 is 0 Å². The highest BCUT2D eigenvalue weighted by molar-refractivity contribution is 4.90. The van der Waals surface area contributed by atoms with Crippen molar-refractivity contribution in [2.24, 2.45) is 0 Å². The van der Waals surface area contributed by atoms with Crippen molar-refractivity contribution in [1.82, 2.24) is 4.98 Å². The van der Waals surface area contributed by atoms with Gasteiger partial charge in [0.15, 0.2) is 0 Å². The van der Waals surface area contributed by atoms with Crippen LogP contribution in [0.15, 0.2) is 12.4 Å². The largest absolute Gasteiger partial charge is 0.257 e. The SMILES string of the molecule is CCCCCCCCCCCCCCC(CCCCCCCC)c1[nH]cc[n+]1C(C)CCCCCCCCCCCC. The zero-order valence-corrected chi connectivity index (χ0v) is 29.7. The number of aromatic nitrogens is 2. The Labute approximate surface area is 266 Å². The van der Waals surface area contributed by atoms with Crippen LogP contribution < -0.4 is 4.57 Å². The fourth-order valence-electron chi connectivity index (χ4n) is 6.96. The zero-order valence-electron chi connectivity index (χ0n) is 29.7. The maximum Gasteiger partial charge on any atom is 0.257 e. The van der Waals surface area contributed by atoms with Crippen molar-refractivity contribution >= 4 is 0 Å². The number of hydrogen-bond donors (Lipinski definition) is 1. The Bertz CT molecular complexity index is 650. The Morgan fingerprint density at radius 2 is 0.762 bits per heavy atom. The number of aromatic amines is 1. The molecular weight excluding hydrogens is 508 g/mol. The highest BCUT2D eigenvalue weighted by atomic mass is 15.1. The van der Waals surface area contributed by atoms with Crippen LogP contribution >= 0.6 is 0 Å². The van der Waals surface area contributed by atoms with E-state index in [4.69, 9.17) is 0 Å². The van der Waals surface area contributed by atoms with E-state index in [-0.39, 0.29) is 0 Å². The van der Waals surface area contributed by atoms with Crippen molar-refractivity contribution in [3.05, 3.63) is 18.2 Å². The van der Waals surface area contributed by atoms with Crippen molar-refractivity contribution in [2.45, 2.75) is 239 Å². The molecule has 0 fully saturated rings. The third-order valence-corrected chi connectivity index (χ3v) is 9.89. The molecule has 0 saturated heterocycles. The van der Waals surface area contributed by atoms with Crippen LogP contribution in [0.4, 0.5) is 0 Å². The predicted octanol–water partition coefficient (Wildman–Crippen LogP) is 14.1. The number of H-pyrrole nitrogens is 1. The third kappa shape index (κ3) is 21.8. The lowest BCUT2D eigenvalue weighted by molar-refractivity contribution is -0.727. The molecule has 2 unspecified atom stereocenters. The smallest absolute Gasteiger partial charge is 0.247 e. The second-order valence-electron chi connectivity index (χ2n) is 14.0. The molecule has 2 atom stereocenters. The number of unbranched alkanes of at least 4 members (excludes halogenated alkanes) is 25. The van der Waals surface area contributed by atoms with Gasteiger partial charge in [0.05, 0.1) is 12.0 Å². The first-order chi connectivity index (χ1) is 20.7. The Hall–Kier alpha value is -0.790. The molecule has 1 aromatic rings. The van der Waals surface area contributed by atoms with Crippen LogP contribution in [0.5, 0.6) is 0 Å². The minimum absolute atomic E-state index is 0.620.